The van der Waals surface area contributed by atoms with Gasteiger partial charge in [0.1, 0.15) is 5.82 Å². The standard InChI is InChI=1S/C21H22FNO/c1-12-9-17(21(3,4)5)13(2)8-15(12)19-11-20(24)16-10-14(22)6-7-18(16)23-19/h6-11H,1-5H3,(H,23,24). The highest BCUT2D eigenvalue weighted by atomic mass is 19.1. The number of aromatic nitrogens is 1. The minimum Gasteiger partial charge on any atom is -0.354 e. The Morgan fingerprint density at radius 1 is 0.958 bits per heavy atom. The van der Waals surface area contributed by atoms with Crippen LogP contribution in [-0.2, 0) is 5.41 Å². The number of halogens is 1. The van der Waals surface area contributed by atoms with E-state index in [4.69, 9.17) is 0 Å². The molecule has 0 atom stereocenters. The first-order chi connectivity index (χ1) is 11.2. The van der Waals surface area contributed by atoms with Crippen molar-refractivity contribution in [3.8, 4) is 11.3 Å². The van der Waals surface area contributed by atoms with Crippen molar-refractivity contribution in [2.75, 3.05) is 0 Å². The van der Waals surface area contributed by atoms with Crippen LogP contribution in [0.15, 0.2) is 41.2 Å². The first-order valence-electron chi connectivity index (χ1n) is 8.11. The maximum atomic E-state index is 13.4. The predicted molar refractivity (Wildman–Crippen MR) is 98.1 cm³/mol. The van der Waals surface area contributed by atoms with Crippen molar-refractivity contribution in [2.24, 2.45) is 0 Å². The Labute approximate surface area is 141 Å². The molecule has 0 aliphatic carbocycles. The van der Waals surface area contributed by atoms with Crippen LogP contribution in [0.2, 0.25) is 0 Å². The molecule has 0 aliphatic rings. The fourth-order valence-corrected chi connectivity index (χ4v) is 3.28. The maximum absolute atomic E-state index is 13.4. The summed E-state index contributed by atoms with van der Waals surface area (Å²) in [5.74, 6) is -0.401. The third-order valence-electron chi connectivity index (χ3n) is 4.46. The molecule has 3 rings (SSSR count). The van der Waals surface area contributed by atoms with Crippen molar-refractivity contribution in [1.82, 2.24) is 4.98 Å². The Morgan fingerprint density at radius 3 is 2.33 bits per heavy atom. The van der Waals surface area contributed by atoms with Crippen molar-refractivity contribution in [1.29, 1.82) is 0 Å². The van der Waals surface area contributed by atoms with Crippen LogP contribution in [0, 0.1) is 19.7 Å². The monoisotopic (exact) mass is 323 g/mol. The van der Waals surface area contributed by atoms with E-state index in [9.17, 15) is 9.18 Å². The normalized spacial score (nSPS) is 11.9. The van der Waals surface area contributed by atoms with E-state index in [1.807, 2.05) is 0 Å². The zero-order chi connectivity index (χ0) is 17.6. The molecule has 3 heteroatoms. The summed E-state index contributed by atoms with van der Waals surface area (Å²) < 4.78 is 13.4. The lowest BCUT2D eigenvalue weighted by Crippen LogP contribution is -2.14. The summed E-state index contributed by atoms with van der Waals surface area (Å²) in [6.07, 6.45) is 0. The minimum atomic E-state index is -0.401. The molecule has 124 valence electrons. The number of hydrogen-bond acceptors (Lipinski definition) is 1. The number of aryl methyl sites for hydroxylation is 2. The number of nitrogens with one attached hydrogen (secondary N) is 1. The van der Waals surface area contributed by atoms with E-state index in [2.05, 4.69) is 51.7 Å². The quantitative estimate of drug-likeness (QED) is 0.652. The molecule has 0 radical (unpaired) electrons. The third kappa shape index (κ3) is 2.86. The second kappa shape index (κ2) is 5.59. The molecule has 0 aliphatic heterocycles. The van der Waals surface area contributed by atoms with E-state index in [1.165, 1.54) is 23.3 Å². The highest BCUT2D eigenvalue weighted by Gasteiger charge is 2.18. The van der Waals surface area contributed by atoms with E-state index >= 15 is 0 Å². The molecule has 1 heterocycles. The fraction of sp³-hybridized carbons (Fsp3) is 0.286. The van der Waals surface area contributed by atoms with E-state index in [0.717, 1.165) is 16.8 Å². The average Bonchev–Trinajstić information content (AvgIpc) is 2.48. The van der Waals surface area contributed by atoms with Crippen LogP contribution < -0.4 is 5.43 Å². The van der Waals surface area contributed by atoms with E-state index < -0.39 is 5.82 Å². The van der Waals surface area contributed by atoms with Crippen molar-refractivity contribution < 1.29 is 4.39 Å². The van der Waals surface area contributed by atoms with Crippen molar-refractivity contribution in [2.45, 2.75) is 40.0 Å². The molecular formula is C21H22FNO. The molecule has 2 aromatic carbocycles. The molecule has 1 N–H and O–H groups in total. The number of rotatable bonds is 1. The Kier molecular flexibility index (Phi) is 3.83. The molecule has 0 unspecified atom stereocenters. The van der Waals surface area contributed by atoms with Crippen LogP contribution >= 0.6 is 0 Å². The number of pyridine rings is 1. The zero-order valence-corrected chi connectivity index (χ0v) is 14.8. The smallest absolute Gasteiger partial charge is 0.190 e. The molecule has 0 saturated carbocycles. The molecule has 2 nitrogen and oxygen atoms in total. The van der Waals surface area contributed by atoms with Gasteiger partial charge in [0.2, 0.25) is 0 Å². The van der Waals surface area contributed by atoms with Gasteiger partial charge in [-0.05, 0) is 60.2 Å². The van der Waals surface area contributed by atoms with Gasteiger partial charge >= 0.3 is 0 Å². The summed E-state index contributed by atoms with van der Waals surface area (Å²) in [4.78, 5) is 15.6. The zero-order valence-electron chi connectivity index (χ0n) is 14.8. The van der Waals surface area contributed by atoms with Gasteiger partial charge in [-0.25, -0.2) is 4.39 Å². The minimum absolute atomic E-state index is 0.0711. The van der Waals surface area contributed by atoms with E-state index in [1.54, 1.807) is 12.1 Å². The van der Waals surface area contributed by atoms with Crippen LogP contribution in [0.3, 0.4) is 0 Å². The van der Waals surface area contributed by atoms with Crippen molar-refractivity contribution >= 4 is 10.9 Å². The second-order valence-electron chi connectivity index (χ2n) is 7.47. The van der Waals surface area contributed by atoms with Crippen LogP contribution in [0.25, 0.3) is 22.2 Å². The Morgan fingerprint density at radius 2 is 1.67 bits per heavy atom. The highest BCUT2D eigenvalue weighted by Crippen LogP contribution is 2.32. The number of aromatic amines is 1. The topological polar surface area (TPSA) is 32.9 Å². The van der Waals surface area contributed by atoms with Gasteiger partial charge in [0.25, 0.3) is 0 Å². The number of H-pyrrole nitrogens is 1. The molecule has 0 bridgehead atoms. The predicted octanol–water partition coefficient (Wildman–Crippen LogP) is 5.25. The van der Waals surface area contributed by atoms with Gasteiger partial charge in [-0.1, -0.05) is 26.8 Å². The van der Waals surface area contributed by atoms with Gasteiger partial charge in [0.05, 0.1) is 0 Å². The summed E-state index contributed by atoms with van der Waals surface area (Å²) >= 11 is 0. The lowest BCUT2D eigenvalue weighted by molar-refractivity contribution is 0.585. The molecular weight excluding hydrogens is 301 g/mol. The average molecular weight is 323 g/mol. The van der Waals surface area contributed by atoms with Gasteiger partial charge in [-0.3, -0.25) is 4.79 Å². The van der Waals surface area contributed by atoms with Crippen molar-refractivity contribution in [3.05, 3.63) is 69.1 Å². The lowest BCUT2D eigenvalue weighted by atomic mass is 9.82. The largest absolute Gasteiger partial charge is 0.354 e. The Hall–Kier alpha value is -2.42. The van der Waals surface area contributed by atoms with Crippen LogP contribution in [-0.4, -0.2) is 4.98 Å². The van der Waals surface area contributed by atoms with Crippen LogP contribution in [0.5, 0.6) is 0 Å². The fourth-order valence-electron chi connectivity index (χ4n) is 3.28. The molecule has 1 aromatic heterocycles. The summed E-state index contributed by atoms with van der Waals surface area (Å²) in [5.41, 5.74) is 5.93. The van der Waals surface area contributed by atoms with Gasteiger partial charge in [0, 0.05) is 28.2 Å². The molecule has 0 spiro atoms. The molecule has 0 amide bonds. The van der Waals surface area contributed by atoms with Crippen molar-refractivity contribution in [3.63, 3.8) is 0 Å². The highest BCUT2D eigenvalue weighted by molar-refractivity contribution is 5.82. The summed E-state index contributed by atoms with van der Waals surface area (Å²) in [5, 5.41) is 0.374. The number of hydrogen-bond donors (Lipinski definition) is 1. The Balaban J connectivity index is 2.23. The summed E-state index contributed by atoms with van der Waals surface area (Å²) in [6.45, 7) is 10.7. The third-order valence-corrected chi connectivity index (χ3v) is 4.46. The number of fused-ring (bicyclic) bond motifs is 1. The van der Waals surface area contributed by atoms with Gasteiger partial charge < -0.3 is 4.98 Å². The van der Waals surface area contributed by atoms with Gasteiger partial charge in [-0.15, -0.1) is 0 Å². The van der Waals surface area contributed by atoms with Crippen LogP contribution in [0.4, 0.5) is 4.39 Å². The van der Waals surface area contributed by atoms with Gasteiger partial charge in [0.15, 0.2) is 5.43 Å². The summed E-state index contributed by atoms with van der Waals surface area (Å²) in [7, 11) is 0. The van der Waals surface area contributed by atoms with E-state index in [-0.39, 0.29) is 10.8 Å². The first kappa shape index (κ1) is 16.4. The maximum Gasteiger partial charge on any atom is 0.190 e. The Bertz CT molecular complexity index is 993. The molecule has 0 fully saturated rings. The summed E-state index contributed by atoms with van der Waals surface area (Å²) in [6, 6.07) is 10.1. The second-order valence-corrected chi connectivity index (χ2v) is 7.47. The number of benzene rings is 2. The van der Waals surface area contributed by atoms with Crippen LogP contribution in [0.1, 0.15) is 37.5 Å². The SMILES string of the molecule is Cc1cc(C(C)(C)C)c(C)cc1-c1cc(=O)c2cc(F)ccc2[nH]1. The molecule has 3 aromatic rings. The van der Waals surface area contributed by atoms with Gasteiger partial charge in [-0.2, -0.15) is 0 Å². The lowest BCUT2D eigenvalue weighted by Gasteiger charge is -2.23. The van der Waals surface area contributed by atoms with E-state index in [0.29, 0.717) is 10.9 Å². The first-order valence-corrected chi connectivity index (χ1v) is 8.11. The molecule has 0 saturated heterocycles. The molecule has 24 heavy (non-hydrogen) atoms.